The standard InChI is InChI=1S/C20H41NO2/c1-3-5-7-9-10-12-14-19-23-20(22)16-15-18-21-17-13-11-8-6-4-2/h21H,3-19H2,1-2H3. The first-order valence-corrected chi connectivity index (χ1v) is 10.2. The molecule has 0 heterocycles. The smallest absolute Gasteiger partial charge is 0.305 e. The van der Waals surface area contributed by atoms with Crippen LogP contribution in [0.25, 0.3) is 0 Å². The predicted molar refractivity (Wildman–Crippen MR) is 99.8 cm³/mol. The molecule has 0 aliphatic carbocycles. The largest absolute Gasteiger partial charge is 0.466 e. The van der Waals surface area contributed by atoms with E-state index in [0.29, 0.717) is 13.0 Å². The van der Waals surface area contributed by atoms with Gasteiger partial charge in [0.15, 0.2) is 0 Å². The first-order chi connectivity index (χ1) is 11.3. The highest BCUT2D eigenvalue weighted by Crippen LogP contribution is 2.07. The molecular formula is C20H41NO2. The van der Waals surface area contributed by atoms with E-state index < -0.39 is 0 Å². The van der Waals surface area contributed by atoms with Crippen LogP contribution in [0.15, 0.2) is 0 Å². The number of hydrogen-bond donors (Lipinski definition) is 1. The van der Waals surface area contributed by atoms with Crippen molar-refractivity contribution in [3.63, 3.8) is 0 Å². The fourth-order valence-corrected chi connectivity index (χ4v) is 2.65. The fraction of sp³-hybridized carbons (Fsp3) is 0.950. The molecule has 0 aromatic rings. The fourth-order valence-electron chi connectivity index (χ4n) is 2.65. The lowest BCUT2D eigenvalue weighted by atomic mass is 10.1. The number of carbonyl (C=O) groups excluding carboxylic acids is 1. The summed E-state index contributed by atoms with van der Waals surface area (Å²) < 4.78 is 5.28. The highest BCUT2D eigenvalue weighted by molar-refractivity contribution is 5.69. The van der Waals surface area contributed by atoms with E-state index in [-0.39, 0.29) is 5.97 Å². The van der Waals surface area contributed by atoms with E-state index in [1.54, 1.807) is 0 Å². The van der Waals surface area contributed by atoms with E-state index in [9.17, 15) is 4.79 Å². The van der Waals surface area contributed by atoms with Crippen LogP contribution in [0.1, 0.15) is 104 Å². The van der Waals surface area contributed by atoms with Crippen LogP contribution in [-0.4, -0.2) is 25.7 Å². The molecule has 3 nitrogen and oxygen atoms in total. The first-order valence-electron chi connectivity index (χ1n) is 10.2. The number of carbonyl (C=O) groups is 1. The van der Waals surface area contributed by atoms with Gasteiger partial charge in [0.05, 0.1) is 6.61 Å². The van der Waals surface area contributed by atoms with Gasteiger partial charge in [-0.05, 0) is 32.4 Å². The number of unbranched alkanes of at least 4 members (excludes halogenated alkanes) is 10. The maximum atomic E-state index is 11.6. The van der Waals surface area contributed by atoms with E-state index in [1.807, 2.05) is 0 Å². The van der Waals surface area contributed by atoms with Gasteiger partial charge in [-0.25, -0.2) is 0 Å². The molecule has 0 unspecified atom stereocenters. The Morgan fingerprint density at radius 1 is 0.696 bits per heavy atom. The number of esters is 1. The van der Waals surface area contributed by atoms with Gasteiger partial charge in [-0.15, -0.1) is 0 Å². The molecule has 23 heavy (non-hydrogen) atoms. The molecule has 0 aromatic heterocycles. The summed E-state index contributed by atoms with van der Waals surface area (Å²) >= 11 is 0. The maximum absolute atomic E-state index is 11.6. The third-order valence-electron chi connectivity index (χ3n) is 4.20. The minimum Gasteiger partial charge on any atom is -0.466 e. The summed E-state index contributed by atoms with van der Waals surface area (Å²) in [6.45, 7) is 7.10. The van der Waals surface area contributed by atoms with Gasteiger partial charge in [-0.3, -0.25) is 4.79 Å². The van der Waals surface area contributed by atoms with Crippen LogP contribution in [-0.2, 0) is 9.53 Å². The summed E-state index contributed by atoms with van der Waals surface area (Å²) in [6.07, 6.45) is 16.8. The molecular weight excluding hydrogens is 286 g/mol. The molecule has 0 bridgehead atoms. The van der Waals surface area contributed by atoms with Crippen LogP contribution in [0.3, 0.4) is 0 Å². The van der Waals surface area contributed by atoms with Gasteiger partial charge >= 0.3 is 5.97 Å². The number of ether oxygens (including phenoxy) is 1. The van der Waals surface area contributed by atoms with Crippen LogP contribution in [0.5, 0.6) is 0 Å². The molecule has 0 spiro atoms. The zero-order valence-corrected chi connectivity index (χ0v) is 15.8. The van der Waals surface area contributed by atoms with Crippen LogP contribution in [0, 0.1) is 0 Å². The zero-order chi connectivity index (χ0) is 17.0. The second-order valence-corrected chi connectivity index (χ2v) is 6.61. The topological polar surface area (TPSA) is 38.3 Å². The van der Waals surface area contributed by atoms with Gasteiger partial charge in [0.2, 0.25) is 0 Å². The quantitative estimate of drug-likeness (QED) is 0.262. The SMILES string of the molecule is CCCCCCCCCOC(=O)CCCNCCCCCCC. The van der Waals surface area contributed by atoms with Crippen LogP contribution >= 0.6 is 0 Å². The Balaban J connectivity index is 3.13. The summed E-state index contributed by atoms with van der Waals surface area (Å²) in [4.78, 5) is 11.6. The third-order valence-corrected chi connectivity index (χ3v) is 4.20. The Hall–Kier alpha value is -0.570. The summed E-state index contributed by atoms with van der Waals surface area (Å²) in [5.41, 5.74) is 0. The van der Waals surface area contributed by atoms with Crippen molar-refractivity contribution in [3.8, 4) is 0 Å². The van der Waals surface area contributed by atoms with Crippen molar-refractivity contribution in [2.75, 3.05) is 19.7 Å². The molecule has 0 radical (unpaired) electrons. The molecule has 0 saturated carbocycles. The average Bonchev–Trinajstić information content (AvgIpc) is 2.56. The number of nitrogens with one attached hydrogen (secondary N) is 1. The highest BCUT2D eigenvalue weighted by atomic mass is 16.5. The van der Waals surface area contributed by atoms with Gasteiger partial charge < -0.3 is 10.1 Å². The lowest BCUT2D eigenvalue weighted by Gasteiger charge is -2.06. The van der Waals surface area contributed by atoms with E-state index in [4.69, 9.17) is 4.74 Å². The van der Waals surface area contributed by atoms with E-state index in [1.165, 1.54) is 70.6 Å². The molecule has 0 aromatic carbocycles. The van der Waals surface area contributed by atoms with Crippen molar-refractivity contribution in [2.24, 2.45) is 0 Å². The molecule has 0 saturated heterocycles. The van der Waals surface area contributed by atoms with Crippen molar-refractivity contribution in [1.29, 1.82) is 0 Å². The van der Waals surface area contributed by atoms with Crippen molar-refractivity contribution in [1.82, 2.24) is 5.32 Å². The first kappa shape index (κ1) is 22.4. The van der Waals surface area contributed by atoms with Crippen molar-refractivity contribution < 1.29 is 9.53 Å². The summed E-state index contributed by atoms with van der Waals surface area (Å²) in [6, 6.07) is 0. The average molecular weight is 328 g/mol. The normalized spacial score (nSPS) is 10.9. The predicted octanol–water partition coefficient (Wildman–Crippen LogP) is 5.62. The molecule has 0 aliphatic rings. The summed E-state index contributed by atoms with van der Waals surface area (Å²) in [5.74, 6) is -0.0271. The van der Waals surface area contributed by atoms with Crippen molar-refractivity contribution in [3.05, 3.63) is 0 Å². The van der Waals surface area contributed by atoms with Gasteiger partial charge in [0.1, 0.15) is 0 Å². The van der Waals surface area contributed by atoms with Gasteiger partial charge in [0.25, 0.3) is 0 Å². The van der Waals surface area contributed by atoms with E-state index >= 15 is 0 Å². The minimum absolute atomic E-state index is 0.0271. The highest BCUT2D eigenvalue weighted by Gasteiger charge is 2.02. The Bertz CT molecular complexity index is 244. The molecule has 0 fully saturated rings. The summed E-state index contributed by atoms with van der Waals surface area (Å²) in [7, 11) is 0. The second kappa shape index (κ2) is 19.5. The third kappa shape index (κ3) is 19.4. The second-order valence-electron chi connectivity index (χ2n) is 6.61. The van der Waals surface area contributed by atoms with Crippen molar-refractivity contribution in [2.45, 2.75) is 104 Å². The molecule has 0 aliphatic heterocycles. The number of hydrogen-bond acceptors (Lipinski definition) is 3. The molecule has 0 atom stereocenters. The monoisotopic (exact) mass is 327 g/mol. The Morgan fingerprint density at radius 3 is 1.87 bits per heavy atom. The van der Waals surface area contributed by atoms with Crippen molar-refractivity contribution >= 4 is 5.97 Å². The lowest BCUT2D eigenvalue weighted by molar-refractivity contribution is -0.143. The van der Waals surface area contributed by atoms with Gasteiger partial charge in [-0.2, -0.15) is 0 Å². The maximum Gasteiger partial charge on any atom is 0.305 e. The molecule has 0 rings (SSSR count). The zero-order valence-electron chi connectivity index (χ0n) is 15.8. The molecule has 3 heteroatoms. The van der Waals surface area contributed by atoms with E-state index in [2.05, 4.69) is 19.2 Å². The molecule has 1 N–H and O–H groups in total. The molecule has 138 valence electrons. The van der Waals surface area contributed by atoms with Crippen LogP contribution in [0.2, 0.25) is 0 Å². The number of rotatable bonds is 18. The lowest BCUT2D eigenvalue weighted by Crippen LogP contribution is -2.18. The molecule has 0 amide bonds. The summed E-state index contributed by atoms with van der Waals surface area (Å²) in [5, 5.41) is 3.41. The Kier molecular flexibility index (Phi) is 19.0. The van der Waals surface area contributed by atoms with E-state index in [0.717, 1.165) is 25.9 Å². The Labute approximate surface area is 144 Å². The minimum atomic E-state index is -0.0271. The van der Waals surface area contributed by atoms with Crippen LogP contribution in [0.4, 0.5) is 0 Å². The Morgan fingerprint density at radius 2 is 1.22 bits per heavy atom. The van der Waals surface area contributed by atoms with Gasteiger partial charge in [0, 0.05) is 6.42 Å². The van der Waals surface area contributed by atoms with Gasteiger partial charge in [-0.1, -0.05) is 78.1 Å². The van der Waals surface area contributed by atoms with Crippen LogP contribution < -0.4 is 5.32 Å².